The average Bonchev–Trinajstić information content (AvgIpc) is 2.69. The molecule has 2 aromatic rings. The van der Waals surface area contributed by atoms with Crippen LogP contribution in [-0.4, -0.2) is 61.4 Å². The van der Waals surface area contributed by atoms with Crippen molar-refractivity contribution in [3.63, 3.8) is 0 Å². The number of rotatable bonds is 7. The number of nitrogens with zero attached hydrogens (tertiary/aromatic N) is 3. The van der Waals surface area contributed by atoms with Gasteiger partial charge in [0.1, 0.15) is 12.4 Å². The fourth-order valence-corrected chi connectivity index (χ4v) is 5.75. The number of halogens is 4. The summed E-state index contributed by atoms with van der Waals surface area (Å²) in [5, 5.41) is 0. The van der Waals surface area contributed by atoms with Crippen molar-refractivity contribution in [3.8, 4) is 0 Å². The number of likely N-dealkylation sites (tertiary alicyclic amines) is 1. The van der Waals surface area contributed by atoms with Crippen LogP contribution in [0.4, 0.5) is 23.2 Å². The first-order chi connectivity index (χ1) is 15.4. The molecule has 0 saturated carbocycles. The van der Waals surface area contributed by atoms with Crippen LogP contribution < -0.4 is 4.90 Å². The van der Waals surface area contributed by atoms with E-state index in [2.05, 4.69) is 0 Å². The number of sulfonamides is 1. The summed E-state index contributed by atoms with van der Waals surface area (Å²) in [6.45, 7) is 0.145. The van der Waals surface area contributed by atoms with Gasteiger partial charge < -0.3 is 9.80 Å². The highest BCUT2D eigenvalue weighted by atomic mass is 32.2. The molecule has 2 unspecified atom stereocenters. The van der Waals surface area contributed by atoms with E-state index in [0.717, 1.165) is 0 Å². The number of hydrogen-bond donors (Lipinski definition) is 0. The van der Waals surface area contributed by atoms with E-state index in [-0.39, 0.29) is 27.9 Å². The molecule has 2 atom stereocenters. The van der Waals surface area contributed by atoms with Crippen molar-refractivity contribution < 1.29 is 30.8 Å². The Bertz CT molecular complexity index is 1140. The maximum absolute atomic E-state index is 14.8. The molecule has 0 aromatic heterocycles. The summed E-state index contributed by atoms with van der Waals surface area (Å²) < 4.78 is 80.0. The van der Waals surface area contributed by atoms with Gasteiger partial charge in [0, 0.05) is 37.8 Å². The quantitative estimate of drug-likeness (QED) is 0.566. The fraction of sp³-hybridized carbons (Fsp3) is 0.409. The molecule has 2 saturated heterocycles. The SMILES string of the molecule is CC(=O)N1CC2C1CN2c1ccc(CN(CC(F)(F)F)S(=O)(=O)Cc2ccccc2)c(F)c1. The lowest BCUT2D eigenvalue weighted by Crippen LogP contribution is -2.79. The third-order valence-electron chi connectivity index (χ3n) is 6.07. The zero-order valence-electron chi connectivity index (χ0n) is 17.8. The molecule has 0 aliphatic carbocycles. The third kappa shape index (κ3) is 4.98. The monoisotopic (exact) mass is 485 g/mol. The van der Waals surface area contributed by atoms with Gasteiger partial charge in [-0.25, -0.2) is 12.8 Å². The zero-order valence-corrected chi connectivity index (χ0v) is 18.6. The first kappa shape index (κ1) is 23.5. The van der Waals surface area contributed by atoms with Gasteiger partial charge in [0.2, 0.25) is 15.9 Å². The molecule has 0 spiro atoms. The predicted molar refractivity (Wildman–Crippen MR) is 114 cm³/mol. The summed E-state index contributed by atoms with van der Waals surface area (Å²) >= 11 is 0. The molecule has 1 amide bonds. The minimum atomic E-state index is -4.78. The van der Waals surface area contributed by atoms with Gasteiger partial charge in [-0.2, -0.15) is 17.5 Å². The standard InChI is InChI=1S/C22H23F4N3O3S/c1-15(30)28-11-21-20(28)12-29(21)18-8-7-17(19(23)9-18)10-27(14-22(24,25)26)33(31,32)13-16-5-3-2-4-6-16/h2-9,20-21H,10-14H2,1H3. The molecule has 2 heterocycles. The van der Waals surface area contributed by atoms with E-state index in [0.29, 0.717) is 24.3 Å². The number of fused-ring (bicyclic) bond motifs is 1. The molecule has 0 bridgehead atoms. The lowest BCUT2D eigenvalue weighted by atomic mass is 9.85. The van der Waals surface area contributed by atoms with E-state index >= 15 is 0 Å². The van der Waals surface area contributed by atoms with Gasteiger partial charge in [0.05, 0.1) is 17.8 Å². The van der Waals surface area contributed by atoms with Gasteiger partial charge in [0.25, 0.3) is 0 Å². The van der Waals surface area contributed by atoms with Crippen LogP contribution in [-0.2, 0) is 27.1 Å². The smallest absolute Gasteiger partial charge is 0.362 e. The summed E-state index contributed by atoms with van der Waals surface area (Å²) in [7, 11) is -4.37. The van der Waals surface area contributed by atoms with Crippen molar-refractivity contribution in [2.75, 3.05) is 24.5 Å². The van der Waals surface area contributed by atoms with E-state index in [1.807, 2.05) is 4.90 Å². The lowest BCUT2D eigenvalue weighted by Gasteiger charge is -2.62. The van der Waals surface area contributed by atoms with Gasteiger partial charge in [-0.05, 0) is 17.7 Å². The van der Waals surface area contributed by atoms with E-state index in [9.17, 15) is 30.8 Å². The van der Waals surface area contributed by atoms with E-state index in [1.54, 1.807) is 29.2 Å². The Hall–Kier alpha value is -2.66. The Labute approximate surface area is 189 Å². The Morgan fingerprint density at radius 2 is 1.79 bits per heavy atom. The van der Waals surface area contributed by atoms with Gasteiger partial charge in [-0.1, -0.05) is 36.4 Å². The summed E-state index contributed by atoms with van der Waals surface area (Å²) in [6, 6.07) is 12.1. The number of piperazine rings is 1. The maximum atomic E-state index is 14.8. The number of anilines is 1. The first-order valence-corrected chi connectivity index (χ1v) is 12.0. The minimum absolute atomic E-state index is 0.0149. The van der Waals surface area contributed by atoms with Crippen LogP contribution in [0, 0.1) is 5.82 Å². The summed E-state index contributed by atoms with van der Waals surface area (Å²) in [6.07, 6.45) is -4.78. The maximum Gasteiger partial charge on any atom is 0.402 e. The average molecular weight is 486 g/mol. The molecule has 2 fully saturated rings. The van der Waals surface area contributed by atoms with Crippen molar-refractivity contribution in [2.24, 2.45) is 0 Å². The second-order valence-corrected chi connectivity index (χ2v) is 10.3. The highest BCUT2D eigenvalue weighted by Gasteiger charge is 2.52. The van der Waals surface area contributed by atoms with Crippen molar-refractivity contribution in [1.82, 2.24) is 9.21 Å². The van der Waals surface area contributed by atoms with Crippen molar-refractivity contribution in [3.05, 3.63) is 65.5 Å². The van der Waals surface area contributed by atoms with Gasteiger partial charge in [-0.3, -0.25) is 4.79 Å². The molecule has 178 valence electrons. The molecular weight excluding hydrogens is 462 g/mol. The molecule has 33 heavy (non-hydrogen) atoms. The highest BCUT2D eigenvalue weighted by molar-refractivity contribution is 7.88. The number of amides is 1. The van der Waals surface area contributed by atoms with Crippen LogP contribution in [0.5, 0.6) is 0 Å². The summed E-state index contributed by atoms with van der Waals surface area (Å²) in [5.74, 6) is -1.41. The molecule has 0 radical (unpaired) electrons. The molecule has 11 heteroatoms. The van der Waals surface area contributed by atoms with E-state index < -0.39 is 40.9 Å². The molecule has 4 rings (SSSR count). The van der Waals surface area contributed by atoms with Crippen LogP contribution >= 0.6 is 0 Å². The second kappa shape index (κ2) is 8.60. The summed E-state index contributed by atoms with van der Waals surface area (Å²) in [4.78, 5) is 15.1. The highest BCUT2D eigenvalue weighted by Crippen LogP contribution is 2.38. The Morgan fingerprint density at radius 3 is 2.33 bits per heavy atom. The van der Waals surface area contributed by atoms with Crippen molar-refractivity contribution in [1.29, 1.82) is 0 Å². The molecular formula is C22H23F4N3O3S. The molecule has 0 N–H and O–H groups in total. The third-order valence-corrected chi connectivity index (χ3v) is 7.82. The number of benzene rings is 2. The van der Waals surface area contributed by atoms with Gasteiger partial charge in [0.15, 0.2) is 0 Å². The Morgan fingerprint density at radius 1 is 1.09 bits per heavy atom. The number of hydrogen-bond acceptors (Lipinski definition) is 4. The van der Waals surface area contributed by atoms with Crippen LogP contribution in [0.2, 0.25) is 0 Å². The Balaban J connectivity index is 1.50. The molecule has 6 nitrogen and oxygen atoms in total. The van der Waals surface area contributed by atoms with Crippen molar-refractivity contribution >= 4 is 21.6 Å². The molecule has 2 aliphatic rings. The van der Waals surface area contributed by atoms with Crippen LogP contribution in [0.15, 0.2) is 48.5 Å². The predicted octanol–water partition coefficient (Wildman–Crippen LogP) is 3.14. The second-order valence-electron chi connectivity index (χ2n) is 8.36. The number of alkyl halides is 3. The lowest BCUT2D eigenvalue weighted by molar-refractivity contribution is -0.141. The van der Waals surface area contributed by atoms with Crippen molar-refractivity contribution in [2.45, 2.75) is 37.5 Å². The molecule has 2 aromatic carbocycles. The zero-order chi connectivity index (χ0) is 24.0. The van der Waals surface area contributed by atoms with Crippen LogP contribution in [0.3, 0.4) is 0 Å². The van der Waals surface area contributed by atoms with Gasteiger partial charge >= 0.3 is 6.18 Å². The largest absolute Gasteiger partial charge is 0.402 e. The Kier molecular flexibility index (Phi) is 6.12. The minimum Gasteiger partial charge on any atom is -0.362 e. The van der Waals surface area contributed by atoms with Crippen LogP contribution in [0.1, 0.15) is 18.1 Å². The fourth-order valence-electron chi connectivity index (χ4n) is 4.27. The topological polar surface area (TPSA) is 60.9 Å². The normalized spacial score (nSPS) is 20.3. The summed E-state index contributed by atoms with van der Waals surface area (Å²) in [5.41, 5.74) is 0.749. The number of carbonyl (C=O) groups excluding carboxylic acids is 1. The van der Waals surface area contributed by atoms with Crippen LogP contribution in [0.25, 0.3) is 0 Å². The van der Waals surface area contributed by atoms with Gasteiger partial charge in [-0.15, -0.1) is 0 Å². The van der Waals surface area contributed by atoms with E-state index in [4.69, 9.17) is 0 Å². The molecule has 2 aliphatic heterocycles. The van der Waals surface area contributed by atoms with E-state index in [1.165, 1.54) is 31.2 Å². The first-order valence-electron chi connectivity index (χ1n) is 10.4. The number of carbonyl (C=O) groups is 1.